The molecule has 10 heteroatoms. The monoisotopic (exact) mass is 547 g/mol. The highest BCUT2D eigenvalue weighted by molar-refractivity contribution is 14.0. The lowest BCUT2D eigenvalue weighted by molar-refractivity contribution is 0.380. The molecule has 4 heterocycles. The number of hydrogen-bond acceptors (Lipinski definition) is 5. The van der Waals surface area contributed by atoms with Gasteiger partial charge in [-0.05, 0) is 28.1 Å². The van der Waals surface area contributed by atoms with Gasteiger partial charge in [0, 0.05) is 54.6 Å². The number of piperazine rings is 1. The number of anilines is 1. The summed E-state index contributed by atoms with van der Waals surface area (Å²) in [5.41, 5.74) is 7.99. The first-order valence-corrected chi connectivity index (χ1v) is 9.69. The molecule has 26 heavy (non-hydrogen) atoms. The number of nitrogens with zero attached hydrogens (tertiary/aromatic N) is 6. The number of nitrogens with two attached hydrogens (primary N) is 1. The van der Waals surface area contributed by atoms with Gasteiger partial charge in [-0.15, -0.1) is 35.3 Å². The number of pyridine rings is 1. The molecule has 7 nitrogen and oxygen atoms in total. The fraction of sp³-hybridized carbons (Fsp3) is 0.312. The van der Waals surface area contributed by atoms with E-state index >= 15 is 0 Å². The van der Waals surface area contributed by atoms with Crippen molar-refractivity contribution in [1.29, 1.82) is 0 Å². The molecular weight excluding hydrogens is 529 g/mol. The van der Waals surface area contributed by atoms with Crippen LogP contribution in [0.25, 0.3) is 5.65 Å². The second-order valence-corrected chi connectivity index (χ2v) is 7.60. The Bertz CT molecular complexity index is 887. The van der Waals surface area contributed by atoms with E-state index in [1.54, 1.807) is 11.3 Å². The second kappa shape index (κ2) is 8.53. The molecule has 0 spiro atoms. The standard InChI is InChI=1S/C16H18BrN7S.HI/c17-12-1-2-14-21-13(11-24(14)10-12)9-20-15(18)22-4-6-23(7-5-22)16-19-3-8-25-16;/h1-3,8,10-11H,4-7,9H2,(H2,18,20);1H. The van der Waals surface area contributed by atoms with Gasteiger partial charge in [-0.2, -0.15) is 0 Å². The van der Waals surface area contributed by atoms with E-state index in [1.165, 1.54) is 0 Å². The molecule has 3 aromatic heterocycles. The average Bonchev–Trinajstić information content (AvgIpc) is 3.29. The minimum atomic E-state index is 0. The predicted octanol–water partition coefficient (Wildman–Crippen LogP) is 2.81. The third kappa shape index (κ3) is 4.29. The smallest absolute Gasteiger partial charge is 0.191 e. The minimum absolute atomic E-state index is 0. The maximum Gasteiger partial charge on any atom is 0.191 e. The molecule has 0 saturated carbocycles. The van der Waals surface area contributed by atoms with Crippen molar-refractivity contribution in [3.05, 3.63) is 46.3 Å². The number of guanidine groups is 1. The van der Waals surface area contributed by atoms with Gasteiger partial charge in [0.15, 0.2) is 11.1 Å². The Morgan fingerprint density at radius 2 is 2.04 bits per heavy atom. The number of imidazole rings is 1. The van der Waals surface area contributed by atoms with Gasteiger partial charge >= 0.3 is 0 Å². The third-order valence-corrected chi connectivity index (χ3v) is 5.46. The van der Waals surface area contributed by atoms with Crippen molar-refractivity contribution in [3.8, 4) is 0 Å². The zero-order valence-corrected chi connectivity index (χ0v) is 18.7. The van der Waals surface area contributed by atoms with Gasteiger partial charge in [0.1, 0.15) is 5.65 Å². The highest BCUT2D eigenvalue weighted by atomic mass is 127. The van der Waals surface area contributed by atoms with Crippen LogP contribution >= 0.6 is 51.2 Å². The van der Waals surface area contributed by atoms with E-state index < -0.39 is 0 Å². The first kappa shape index (κ1) is 19.4. The highest BCUT2D eigenvalue weighted by Crippen LogP contribution is 2.19. The number of rotatable bonds is 3. The molecule has 0 bridgehead atoms. The maximum absolute atomic E-state index is 6.18. The summed E-state index contributed by atoms with van der Waals surface area (Å²) >= 11 is 5.13. The Labute approximate surface area is 181 Å². The van der Waals surface area contributed by atoms with Crippen LogP contribution in [0.15, 0.2) is 45.6 Å². The van der Waals surface area contributed by atoms with Gasteiger partial charge in [-0.1, -0.05) is 0 Å². The SMILES string of the molecule is I.NC(=NCc1cn2cc(Br)ccc2n1)N1CCN(c2nccs2)CC1. The van der Waals surface area contributed by atoms with Crippen molar-refractivity contribution in [1.82, 2.24) is 19.3 Å². The van der Waals surface area contributed by atoms with Gasteiger partial charge in [0.2, 0.25) is 0 Å². The van der Waals surface area contributed by atoms with Gasteiger partial charge in [0.05, 0.1) is 12.2 Å². The topological polar surface area (TPSA) is 75.0 Å². The van der Waals surface area contributed by atoms with Crippen LogP contribution in [0.3, 0.4) is 0 Å². The fourth-order valence-corrected chi connectivity index (χ4v) is 3.90. The Hall–Kier alpha value is -1.40. The van der Waals surface area contributed by atoms with E-state index in [1.807, 2.05) is 40.5 Å². The van der Waals surface area contributed by atoms with Crippen molar-refractivity contribution in [2.45, 2.75) is 6.54 Å². The Balaban J connectivity index is 0.00000196. The minimum Gasteiger partial charge on any atom is -0.370 e. The van der Waals surface area contributed by atoms with Crippen LogP contribution in [0.5, 0.6) is 0 Å². The summed E-state index contributed by atoms with van der Waals surface area (Å²) < 4.78 is 3.00. The number of fused-ring (bicyclic) bond motifs is 1. The molecular formula is C16H19BrIN7S. The molecule has 0 atom stereocenters. The first-order valence-electron chi connectivity index (χ1n) is 8.01. The first-order chi connectivity index (χ1) is 12.2. The lowest BCUT2D eigenvalue weighted by Crippen LogP contribution is -2.51. The van der Waals surface area contributed by atoms with E-state index in [4.69, 9.17) is 5.73 Å². The predicted molar refractivity (Wildman–Crippen MR) is 120 cm³/mol. The quantitative estimate of drug-likeness (QED) is 0.310. The lowest BCUT2D eigenvalue weighted by Gasteiger charge is -2.35. The number of thiazole rings is 1. The molecule has 1 aliphatic rings. The van der Waals surface area contributed by atoms with Crippen LogP contribution in [-0.2, 0) is 6.54 Å². The van der Waals surface area contributed by atoms with Gasteiger partial charge < -0.3 is 19.9 Å². The Morgan fingerprint density at radius 3 is 2.77 bits per heavy atom. The summed E-state index contributed by atoms with van der Waals surface area (Å²) in [6, 6.07) is 3.95. The largest absolute Gasteiger partial charge is 0.370 e. The average molecular weight is 548 g/mol. The zero-order valence-electron chi connectivity index (χ0n) is 14.0. The van der Waals surface area contributed by atoms with E-state index in [0.29, 0.717) is 12.5 Å². The van der Waals surface area contributed by atoms with Crippen LogP contribution < -0.4 is 10.6 Å². The molecule has 0 aliphatic carbocycles. The molecule has 1 fully saturated rings. The molecule has 0 unspecified atom stereocenters. The third-order valence-electron chi connectivity index (χ3n) is 4.16. The number of halogens is 2. The number of aromatic nitrogens is 3. The van der Waals surface area contributed by atoms with Crippen LogP contribution in [-0.4, -0.2) is 51.4 Å². The highest BCUT2D eigenvalue weighted by Gasteiger charge is 2.19. The summed E-state index contributed by atoms with van der Waals surface area (Å²) in [6.07, 6.45) is 5.81. The van der Waals surface area contributed by atoms with E-state index in [0.717, 1.165) is 47.1 Å². The fourth-order valence-electron chi connectivity index (χ4n) is 2.85. The van der Waals surface area contributed by atoms with Crippen molar-refractivity contribution < 1.29 is 0 Å². The Morgan fingerprint density at radius 1 is 1.23 bits per heavy atom. The molecule has 1 saturated heterocycles. The Kier molecular flexibility index (Phi) is 6.35. The second-order valence-electron chi connectivity index (χ2n) is 5.81. The van der Waals surface area contributed by atoms with Crippen LogP contribution in [0.1, 0.15) is 5.69 Å². The number of aliphatic imine (C=N–C) groups is 1. The van der Waals surface area contributed by atoms with Crippen LogP contribution in [0.4, 0.5) is 5.13 Å². The molecule has 138 valence electrons. The van der Waals surface area contributed by atoms with Gasteiger partial charge in [-0.3, -0.25) is 0 Å². The van der Waals surface area contributed by atoms with Crippen LogP contribution in [0, 0.1) is 0 Å². The van der Waals surface area contributed by atoms with Crippen molar-refractivity contribution in [3.63, 3.8) is 0 Å². The summed E-state index contributed by atoms with van der Waals surface area (Å²) in [7, 11) is 0. The van der Waals surface area contributed by atoms with Gasteiger partial charge in [-0.25, -0.2) is 15.0 Å². The molecule has 0 aromatic carbocycles. The van der Waals surface area contributed by atoms with E-state index in [-0.39, 0.29) is 24.0 Å². The van der Waals surface area contributed by atoms with Crippen molar-refractivity contribution in [2.75, 3.05) is 31.1 Å². The number of hydrogen-bond donors (Lipinski definition) is 1. The zero-order chi connectivity index (χ0) is 17.2. The molecule has 3 aromatic rings. The van der Waals surface area contributed by atoms with E-state index in [2.05, 4.69) is 40.7 Å². The summed E-state index contributed by atoms with van der Waals surface area (Å²) in [6.45, 7) is 4.01. The van der Waals surface area contributed by atoms with E-state index in [9.17, 15) is 0 Å². The summed E-state index contributed by atoms with van der Waals surface area (Å²) in [5, 5.41) is 3.08. The van der Waals surface area contributed by atoms with Crippen molar-refractivity contribution in [2.24, 2.45) is 10.7 Å². The molecule has 0 radical (unpaired) electrons. The molecule has 4 rings (SSSR count). The normalized spacial score (nSPS) is 15.3. The summed E-state index contributed by atoms with van der Waals surface area (Å²) in [4.78, 5) is 17.9. The molecule has 1 aliphatic heterocycles. The molecule has 2 N–H and O–H groups in total. The lowest BCUT2D eigenvalue weighted by atomic mass is 10.3. The van der Waals surface area contributed by atoms with Crippen molar-refractivity contribution >= 4 is 68.0 Å². The maximum atomic E-state index is 6.18. The van der Waals surface area contributed by atoms with Crippen LogP contribution in [0.2, 0.25) is 0 Å². The molecule has 0 amide bonds. The summed E-state index contributed by atoms with van der Waals surface area (Å²) in [5.74, 6) is 0.581. The van der Waals surface area contributed by atoms with Gasteiger partial charge in [0.25, 0.3) is 0 Å².